The van der Waals surface area contributed by atoms with E-state index in [0.717, 1.165) is 50.1 Å². The lowest BCUT2D eigenvalue weighted by molar-refractivity contribution is -0.132. The number of amides is 1. The van der Waals surface area contributed by atoms with Crippen LogP contribution in [0, 0.1) is 11.7 Å². The maximum absolute atomic E-state index is 13.6. The molecule has 1 fully saturated rings. The van der Waals surface area contributed by atoms with E-state index < -0.39 is 0 Å². The zero-order chi connectivity index (χ0) is 15.1. The van der Waals surface area contributed by atoms with Crippen molar-refractivity contribution in [1.82, 2.24) is 4.90 Å². The lowest BCUT2D eigenvalue weighted by atomic mass is 9.91. The van der Waals surface area contributed by atoms with Gasteiger partial charge in [0.15, 0.2) is 0 Å². The van der Waals surface area contributed by atoms with Crippen molar-refractivity contribution in [3.8, 4) is 0 Å². The van der Waals surface area contributed by atoms with Gasteiger partial charge in [-0.25, -0.2) is 4.39 Å². The van der Waals surface area contributed by atoms with Crippen LogP contribution in [-0.4, -0.2) is 35.9 Å². The highest BCUT2D eigenvalue weighted by Gasteiger charge is 2.23. The predicted molar refractivity (Wildman–Crippen MR) is 87.0 cm³/mol. The molecule has 4 heteroatoms. The van der Waals surface area contributed by atoms with Crippen molar-refractivity contribution in [3.63, 3.8) is 0 Å². The van der Waals surface area contributed by atoms with Gasteiger partial charge in [-0.3, -0.25) is 4.79 Å². The summed E-state index contributed by atoms with van der Waals surface area (Å²) in [5.41, 5.74) is 0.795. The molecule has 1 atom stereocenters. The van der Waals surface area contributed by atoms with Crippen LogP contribution >= 0.6 is 11.8 Å². The predicted octanol–water partition coefficient (Wildman–Crippen LogP) is 3.75. The van der Waals surface area contributed by atoms with Gasteiger partial charge in [-0.2, -0.15) is 11.8 Å². The van der Waals surface area contributed by atoms with Crippen molar-refractivity contribution in [2.24, 2.45) is 5.92 Å². The molecule has 1 aliphatic heterocycles. The molecule has 0 aromatic heterocycles. The first-order valence-electron chi connectivity index (χ1n) is 7.71. The molecule has 116 valence electrons. The number of rotatable bonds is 6. The van der Waals surface area contributed by atoms with E-state index in [9.17, 15) is 9.18 Å². The van der Waals surface area contributed by atoms with Crippen molar-refractivity contribution in [2.75, 3.05) is 25.1 Å². The highest BCUT2D eigenvalue weighted by Crippen LogP contribution is 2.23. The molecule has 1 aromatic carbocycles. The third-order valence-electron chi connectivity index (χ3n) is 4.17. The van der Waals surface area contributed by atoms with Gasteiger partial charge in [0.2, 0.25) is 5.91 Å². The fourth-order valence-electron chi connectivity index (χ4n) is 2.94. The van der Waals surface area contributed by atoms with Crippen molar-refractivity contribution in [1.29, 1.82) is 0 Å². The molecule has 0 radical (unpaired) electrons. The molecule has 21 heavy (non-hydrogen) atoms. The van der Waals surface area contributed by atoms with Gasteiger partial charge >= 0.3 is 0 Å². The molecule has 2 nitrogen and oxygen atoms in total. The number of piperidine rings is 1. The molecule has 0 unspecified atom stereocenters. The van der Waals surface area contributed by atoms with E-state index in [1.165, 1.54) is 6.07 Å². The Kier molecular flexibility index (Phi) is 6.55. The summed E-state index contributed by atoms with van der Waals surface area (Å²) in [6.45, 7) is 1.74. The topological polar surface area (TPSA) is 20.3 Å². The first-order valence-corrected chi connectivity index (χ1v) is 9.10. The van der Waals surface area contributed by atoms with Gasteiger partial charge in [0.05, 0.1) is 0 Å². The van der Waals surface area contributed by atoms with Crippen LogP contribution in [0.25, 0.3) is 0 Å². The minimum absolute atomic E-state index is 0.110. The van der Waals surface area contributed by atoms with Gasteiger partial charge < -0.3 is 4.90 Å². The first-order chi connectivity index (χ1) is 10.2. The molecule has 0 N–H and O–H groups in total. The standard InChI is InChI=1S/C17H24FNOS/c1-21-12-10-17(20)19-11-4-5-14(13-19)8-9-15-6-2-3-7-16(15)18/h2-3,6-7,14H,4-5,8-13H2,1H3/t14-/m0/s1. The van der Waals surface area contributed by atoms with E-state index in [1.54, 1.807) is 17.8 Å². The van der Waals surface area contributed by atoms with E-state index in [-0.39, 0.29) is 11.7 Å². The Hall–Kier alpha value is -1.03. The number of halogens is 1. The highest BCUT2D eigenvalue weighted by atomic mass is 32.2. The Morgan fingerprint density at radius 3 is 3.00 bits per heavy atom. The zero-order valence-electron chi connectivity index (χ0n) is 12.7. The van der Waals surface area contributed by atoms with Crippen LogP contribution in [-0.2, 0) is 11.2 Å². The van der Waals surface area contributed by atoms with Crippen LogP contribution < -0.4 is 0 Å². The minimum atomic E-state index is -0.110. The number of aryl methyl sites for hydroxylation is 1. The molecule has 1 aromatic rings. The molecular formula is C17H24FNOS. The Morgan fingerprint density at radius 2 is 2.24 bits per heavy atom. The third-order valence-corrected chi connectivity index (χ3v) is 4.78. The largest absolute Gasteiger partial charge is 0.342 e. The number of nitrogens with zero attached hydrogens (tertiary/aromatic N) is 1. The Morgan fingerprint density at radius 1 is 1.43 bits per heavy atom. The second-order valence-corrected chi connectivity index (χ2v) is 6.71. The zero-order valence-corrected chi connectivity index (χ0v) is 13.5. The summed E-state index contributed by atoms with van der Waals surface area (Å²) in [6.07, 6.45) is 6.63. The highest BCUT2D eigenvalue weighted by molar-refractivity contribution is 7.98. The monoisotopic (exact) mass is 309 g/mol. The molecule has 0 bridgehead atoms. The molecule has 0 saturated carbocycles. The van der Waals surface area contributed by atoms with Gasteiger partial charge in [0.1, 0.15) is 5.82 Å². The van der Waals surface area contributed by atoms with Crippen molar-refractivity contribution in [2.45, 2.75) is 32.1 Å². The van der Waals surface area contributed by atoms with E-state index in [2.05, 4.69) is 0 Å². The van der Waals surface area contributed by atoms with Crippen molar-refractivity contribution < 1.29 is 9.18 Å². The van der Waals surface area contributed by atoms with E-state index in [4.69, 9.17) is 0 Å². The maximum atomic E-state index is 13.6. The number of carbonyl (C=O) groups is 1. The van der Waals surface area contributed by atoms with E-state index >= 15 is 0 Å². The average molecular weight is 309 g/mol. The van der Waals surface area contributed by atoms with E-state index in [0.29, 0.717) is 12.3 Å². The summed E-state index contributed by atoms with van der Waals surface area (Å²) in [7, 11) is 0. The molecule has 1 saturated heterocycles. The Labute approximate surface area is 131 Å². The fraction of sp³-hybridized carbons (Fsp3) is 0.588. The quantitative estimate of drug-likeness (QED) is 0.797. The Balaban J connectivity index is 1.81. The van der Waals surface area contributed by atoms with Crippen LogP contribution in [0.2, 0.25) is 0 Å². The lowest BCUT2D eigenvalue weighted by Crippen LogP contribution is -2.40. The molecule has 0 spiro atoms. The van der Waals surface area contributed by atoms with Gasteiger partial charge in [0, 0.05) is 25.3 Å². The summed E-state index contributed by atoms with van der Waals surface area (Å²) >= 11 is 1.71. The summed E-state index contributed by atoms with van der Waals surface area (Å²) in [4.78, 5) is 14.1. The SMILES string of the molecule is CSCCC(=O)N1CCC[C@@H](CCc2ccccc2F)C1. The van der Waals surface area contributed by atoms with Gasteiger partial charge in [-0.1, -0.05) is 18.2 Å². The molecule has 1 amide bonds. The second-order valence-electron chi connectivity index (χ2n) is 5.72. The van der Waals surface area contributed by atoms with Crippen LogP contribution in [0.5, 0.6) is 0 Å². The molecule has 1 heterocycles. The molecule has 2 rings (SSSR count). The third kappa shape index (κ3) is 5.03. The average Bonchev–Trinajstić information content (AvgIpc) is 2.52. The summed E-state index contributed by atoms with van der Waals surface area (Å²) in [6, 6.07) is 7.00. The first kappa shape index (κ1) is 16.3. The minimum Gasteiger partial charge on any atom is -0.342 e. The molecule has 1 aliphatic rings. The fourth-order valence-corrected chi connectivity index (χ4v) is 3.31. The van der Waals surface area contributed by atoms with Crippen LogP contribution in [0.15, 0.2) is 24.3 Å². The van der Waals surface area contributed by atoms with Crippen LogP contribution in [0.3, 0.4) is 0 Å². The number of hydrogen-bond donors (Lipinski definition) is 0. The lowest BCUT2D eigenvalue weighted by Gasteiger charge is -2.33. The maximum Gasteiger partial charge on any atom is 0.223 e. The summed E-state index contributed by atoms with van der Waals surface area (Å²) < 4.78 is 13.6. The number of likely N-dealkylation sites (tertiary alicyclic amines) is 1. The van der Waals surface area contributed by atoms with Crippen molar-refractivity contribution >= 4 is 17.7 Å². The number of hydrogen-bond acceptors (Lipinski definition) is 2. The van der Waals surface area contributed by atoms with Crippen LogP contribution in [0.1, 0.15) is 31.2 Å². The summed E-state index contributed by atoms with van der Waals surface area (Å²) in [5, 5.41) is 0. The van der Waals surface area contributed by atoms with E-state index in [1.807, 2.05) is 23.3 Å². The van der Waals surface area contributed by atoms with Gasteiger partial charge in [-0.05, 0) is 49.5 Å². The summed E-state index contributed by atoms with van der Waals surface area (Å²) in [5.74, 6) is 1.58. The Bertz CT molecular complexity index is 466. The number of thioether (sulfide) groups is 1. The molecular weight excluding hydrogens is 285 g/mol. The smallest absolute Gasteiger partial charge is 0.223 e. The number of carbonyl (C=O) groups excluding carboxylic acids is 1. The van der Waals surface area contributed by atoms with Gasteiger partial charge in [0.25, 0.3) is 0 Å². The normalized spacial score (nSPS) is 18.8. The van der Waals surface area contributed by atoms with Crippen molar-refractivity contribution in [3.05, 3.63) is 35.6 Å². The molecule has 0 aliphatic carbocycles. The van der Waals surface area contributed by atoms with Gasteiger partial charge in [-0.15, -0.1) is 0 Å². The van der Waals surface area contributed by atoms with Crippen LogP contribution in [0.4, 0.5) is 4.39 Å². The second kappa shape index (κ2) is 8.42. The number of benzene rings is 1.